The van der Waals surface area contributed by atoms with E-state index < -0.39 is 28.8 Å². The molecule has 15 heteroatoms. The van der Waals surface area contributed by atoms with Gasteiger partial charge in [0.1, 0.15) is 37.4 Å². The fourth-order valence-corrected chi connectivity index (χ4v) is 10.4. The molecule has 67 heavy (non-hydrogen) atoms. The lowest BCUT2D eigenvalue weighted by Gasteiger charge is -2.59. The summed E-state index contributed by atoms with van der Waals surface area (Å²) in [6, 6.07) is 25.4. The Hall–Kier alpha value is -5.51. The zero-order chi connectivity index (χ0) is 46.8. The van der Waals surface area contributed by atoms with Crippen LogP contribution < -0.4 is 9.47 Å². The van der Waals surface area contributed by atoms with Crippen LogP contribution >= 0.6 is 11.6 Å². The van der Waals surface area contributed by atoms with E-state index in [1.54, 1.807) is 23.1 Å². The third kappa shape index (κ3) is 10.9. The molecule has 0 radical (unpaired) electrons. The van der Waals surface area contributed by atoms with Crippen LogP contribution in [0.5, 0.6) is 11.5 Å². The van der Waals surface area contributed by atoms with E-state index in [1.165, 1.54) is 12.1 Å². The highest BCUT2D eigenvalue weighted by molar-refractivity contribution is 6.18. The summed E-state index contributed by atoms with van der Waals surface area (Å²) in [5, 5.41) is 38.4. The molecule has 1 saturated heterocycles. The Morgan fingerprint density at radius 2 is 1.78 bits per heavy atom. The predicted molar refractivity (Wildman–Crippen MR) is 256 cm³/mol. The lowest BCUT2D eigenvalue weighted by atomic mass is 9.55. The van der Waals surface area contributed by atoms with Crippen LogP contribution in [-0.2, 0) is 27.5 Å². The van der Waals surface area contributed by atoms with E-state index in [9.17, 15) is 25.1 Å². The SMILES string of the molecule is C=CCOC12Oc3ccc(OCCN4CC4)cc3C3C(CCCCO)C(CCCCO)C=C(C(=NOCc4ccc([N+](=O)[O-])cc4)CC1N(Cc1cccc4ccccc14)C(=O)OCCCl)C32. The maximum atomic E-state index is 14.9. The van der Waals surface area contributed by atoms with Crippen molar-refractivity contribution in [1.29, 1.82) is 0 Å². The topological polar surface area (TPSA) is 165 Å². The Kier molecular flexibility index (Phi) is 16.1. The molecule has 6 atom stereocenters. The molecule has 4 aromatic carbocycles. The Balaban J connectivity index is 1.32. The first-order valence-electron chi connectivity index (χ1n) is 23.5. The Morgan fingerprint density at radius 1 is 1.00 bits per heavy atom. The minimum absolute atomic E-state index is 0.0110. The van der Waals surface area contributed by atoms with E-state index in [0.29, 0.717) is 36.5 Å². The molecule has 1 amide bonds. The van der Waals surface area contributed by atoms with Gasteiger partial charge < -0.3 is 34.0 Å². The predicted octanol–water partition coefficient (Wildman–Crippen LogP) is 9.15. The van der Waals surface area contributed by atoms with Gasteiger partial charge in [-0.2, -0.15) is 0 Å². The number of alkyl halides is 1. The van der Waals surface area contributed by atoms with Crippen molar-refractivity contribution in [3.05, 3.63) is 136 Å². The molecule has 4 aliphatic rings. The van der Waals surface area contributed by atoms with Crippen molar-refractivity contribution >= 4 is 39.9 Å². The smallest absolute Gasteiger partial charge is 0.410 e. The number of amides is 1. The molecule has 8 rings (SSSR count). The van der Waals surface area contributed by atoms with Gasteiger partial charge in [0.15, 0.2) is 0 Å². The van der Waals surface area contributed by atoms with Crippen LogP contribution in [0.4, 0.5) is 10.5 Å². The van der Waals surface area contributed by atoms with Gasteiger partial charge in [-0.3, -0.25) is 19.9 Å². The summed E-state index contributed by atoms with van der Waals surface area (Å²) in [5.74, 6) is -0.875. The zero-order valence-corrected chi connectivity index (χ0v) is 38.6. The third-order valence-corrected chi connectivity index (χ3v) is 13.7. The third-order valence-electron chi connectivity index (χ3n) is 13.5. The number of rotatable bonds is 24. The first-order valence-corrected chi connectivity index (χ1v) is 24.1. The molecular formula is C52H61ClN4O10. The second-order valence-electron chi connectivity index (χ2n) is 17.7. The molecule has 2 fully saturated rings. The number of nitro benzene ring substituents is 1. The number of nitro groups is 1. The first-order chi connectivity index (χ1) is 32.8. The Morgan fingerprint density at radius 3 is 2.52 bits per heavy atom. The fraction of sp³-hybridized carbons (Fsp3) is 0.462. The van der Waals surface area contributed by atoms with Gasteiger partial charge in [0.25, 0.3) is 5.69 Å². The van der Waals surface area contributed by atoms with Crippen LogP contribution in [0, 0.1) is 27.9 Å². The molecule has 2 N–H and O–H groups in total. The molecule has 0 spiro atoms. The normalized spacial score (nSPS) is 23.4. The van der Waals surface area contributed by atoms with Gasteiger partial charge in [-0.1, -0.05) is 72.6 Å². The van der Waals surface area contributed by atoms with Gasteiger partial charge >= 0.3 is 6.09 Å². The second kappa shape index (κ2) is 22.5. The summed E-state index contributed by atoms with van der Waals surface area (Å²) < 4.78 is 26.9. The number of non-ortho nitro benzene ring substituents is 1. The Bertz CT molecular complexity index is 2400. The number of nitrogens with zero attached hydrogens (tertiary/aromatic N) is 4. The zero-order valence-electron chi connectivity index (χ0n) is 37.9. The van der Waals surface area contributed by atoms with E-state index in [-0.39, 0.29) is 75.3 Å². The lowest BCUT2D eigenvalue weighted by molar-refractivity contribution is -0.384. The number of hydrogen-bond acceptors (Lipinski definition) is 12. The van der Waals surface area contributed by atoms with Gasteiger partial charge in [-0.15, -0.1) is 18.2 Å². The van der Waals surface area contributed by atoms with E-state index >= 15 is 0 Å². The van der Waals surface area contributed by atoms with Crippen molar-refractivity contribution in [3.63, 3.8) is 0 Å². The van der Waals surface area contributed by atoms with Gasteiger partial charge in [0, 0.05) is 62.9 Å². The molecule has 6 unspecified atom stereocenters. The summed E-state index contributed by atoms with van der Waals surface area (Å²) in [7, 11) is 0. The van der Waals surface area contributed by atoms with Crippen molar-refractivity contribution in [2.45, 2.75) is 75.8 Å². The molecule has 2 aliphatic heterocycles. The molecular weight excluding hydrogens is 876 g/mol. The van der Waals surface area contributed by atoms with Crippen molar-refractivity contribution < 1.29 is 43.7 Å². The van der Waals surface area contributed by atoms with Crippen molar-refractivity contribution in [2.75, 3.05) is 58.5 Å². The quantitative estimate of drug-likeness (QED) is 0.0172. The monoisotopic (exact) mass is 936 g/mol. The van der Waals surface area contributed by atoms with Crippen molar-refractivity contribution in [3.8, 4) is 11.5 Å². The number of hydrogen-bond donors (Lipinski definition) is 2. The van der Waals surface area contributed by atoms with Gasteiger partial charge in [-0.25, -0.2) is 4.79 Å². The van der Waals surface area contributed by atoms with Gasteiger partial charge in [-0.05, 0) is 95.3 Å². The van der Waals surface area contributed by atoms with Crippen LogP contribution in [0.25, 0.3) is 10.8 Å². The highest BCUT2D eigenvalue weighted by Gasteiger charge is 2.65. The molecule has 0 aromatic heterocycles. The van der Waals surface area contributed by atoms with E-state index in [1.807, 2.05) is 54.6 Å². The number of ether oxygens (including phenoxy) is 4. The standard InChI is InChI=1S/C52H61ClN4O10/c1-2-28-65-52-48(56(51(60)64-29-22-53)34-39-13-9-12-37-10-3-4-14-42(37)39)33-46(54-66-35-36-16-18-40(19-17-36)57(61)62)44-31-38(11-5-7-26-58)43(15-6-8-27-59)49(50(44)52)45-32-41(20-21-47(45)67-52)63-30-25-55-23-24-55/h2-4,9-10,12-14,16-21,31-32,38,43,48-50,58-59H,1,5-8,11,15,22-30,33-35H2. The fourth-order valence-electron chi connectivity index (χ4n) is 10.3. The van der Waals surface area contributed by atoms with Crippen molar-refractivity contribution in [1.82, 2.24) is 9.80 Å². The highest BCUT2D eigenvalue weighted by Crippen LogP contribution is 2.62. The van der Waals surface area contributed by atoms with Crippen LogP contribution in [-0.4, -0.2) is 107 Å². The minimum Gasteiger partial charge on any atom is -0.492 e. The maximum Gasteiger partial charge on any atom is 0.410 e. The van der Waals surface area contributed by atoms with E-state index in [0.717, 1.165) is 78.5 Å². The number of unbranched alkanes of at least 4 members (excludes halogenated alkanes) is 2. The summed E-state index contributed by atoms with van der Waals surface area (Å²) in [6.07, 6.45) is 7.92. The molecule has 4 aromatic rings. The number of benzene rings is 4. The van der Waals surface area contributed by atoms with Crippen LogP contribution in [0.1, 0.15) is 67.6 Å². The van der Waals surface area contributed by atoms with Gasteiger partial charge in [0.05, 0.1) is 35.6 Å². The van der Waals surface area contributed by atoms with Crippen molar-refractivity contribution in [2.24, 2.45) is 22.9 Å². The molecule has 1 saturated carbocycles. The number of carbonyl (C=O) groups is 1. The average Bonchev–Trinajstić information content (AvgIpc) is 4.18. The Labute approximate surface area is 396 Å². The summed E-state index contributed by atoms with van der Waals surface area (Å²) in [5.41, 5.74) is 3.98. The number of aliphatic hydroxyl groups is 2. The average molecular weight is 938 g/mol. The number of carbonyl (C=O) groups excluding carboxylic acids is 1. The van der Waals surface area contributed by atoms with E-state index in [2.05, 4.69) is 23.6 Å². The first kappa shape index (κ1) is 48.0. The number of allylic oxidation sites excluding steroid dienone is 1. The minimum atomic E-state index is -1.52. The highest BCUT2D eigenvalue weighted by atomic mass is 35.5. The van der Waals surface area contributed by atoms with Gasteiger partial charge in [0.2, 0.25) is 5.79 Å². The number of fused-ring (bicyclic) bond motifs is 3. The lowest BCUT2D eigenvalue weighted by Crippen LogP contribution is -2.70. The maximum absolute atomic E-state index is 14.9. The molecule has 14 nitrogen and oxygen atoms in total. The van der Waals surface area contributed by atoms with Crippen LogP contribution in [0.3, 0.4) is 0 Å². The van der Waals surface area contributed by atoms with E-state index in [4.69, 9.17) is 40.5 Å². The largest absolute Gasteiger partial charge is 0.492 e. The molecule has 2 aliphatic carbocycles. The van der Waals surface area contributed by atoms with Crippen LogP contribution in [0.2, 0.25) is 0 Å². The second-order valence-corrected chi connectivity index (χ2v) is 18.1. The summed E-state index contributed by atoms with van der Waals surface area (Å²) >= 11 is 6.17. The summed E-state index contributed by atoms with van der Waals surface area (Å²) in [6.45, 7) is 7.94. The molecule has 2 heterocycles. The van der Waals surface area contributed by atoms with Crippen LogP contribution in [0.15, 0.2) is 114 Å². The number of aliphatic hydroxyl groups excluding tert-OH is 2. The molecule has 0 bridgehead atoms. The number of oxime groups is 1. The summed E-state index contributed by atoms with van der Waals surface area (Å²) in [4.78, 5) is 36.1. The molecule has 356 valence electrons. The number of halogens is 1.